The molecule has 2 aliphatic rings. The van der Waals surface area contributed by atoms with Gasteiger partial charge in [0.05, 0.1) is 6.04 Å². The van der Waals surface area contributed by atoms with Crippen LogP contribution in [0, 0.1) is 0 Å². The van der Waals surface area contributed by atoms with Gasteiger partial charge in [0.15, 0.2) is 0 Å². The minimum Gasteiger partial charge on any atom is -0.362 e. The third-order valence-corrected chi connectivity index (χ3v) is 3.25. The molecule has 1 aromatic carbocycles. The van der Waals surface area contributed by atoms with E-state index in [1.165, 1.54) is 0 Å². The van der Waals surface area contributed by atoms with Crippen molar-refractivity contribution in [3.05, 3.63) is 29.8 Å². The van der Waals surface area contributed by atoms with Gasteiger partial charge in [-0.3, -0.25) is 4.79 Å². The number of nitrogens with zero attached hydrogens (tertiary/aromatic N) is 1. The zero-order valence-corrected chi connectivity index (χ0v) is 8.81. The second kappa shape index (κ2) is 2.83. The Morgan fingerprint density at radius 1 is 1.40 bits per heavy atom. The number of benzene rings is 1. The number of hydrogen-bond donors (Lipinski definition) is 0. The van der Waals surface area contributed by atoms with E-state index in [-0.39, 0.29) is 24.2 Å². The van der Waals surface area contributed by atoms with Crippen LogP contribution in [0.3, 0.4) is 0 Å². The Morgan fingerprint density at radius 3 is 2.87 bits per heavy atom. The molecule has 3 heteroatoms. The average Bonchev–Trinajstić information content (AvgIpc) is 2.97. The molecule has 0 aromatic heterocycles. The van der Waals surface area contributed by atoms with Crippen molar-refractivity contribution >= 4 is 11.6 Å². The van der Waals surface area contributed by atoms with E-state index in [1.807, 2.05) is 36.1 Å². The van der Waals surface area contributed by atoms with Gasteiger partial charge in [0, 0.05) is 18.2 Å². The zero-order chi connectivity index (χ0) is 10.6. The van der Waals surface area contributed by atoms with E-state index >= 15 is 0 Å². The van der Waals surface area contributed by atoms with Gasteiger partial charge in [-0.05, 0) is 13.0 Å². The van der Waals surface area contributed by atoms with Gasteiger partial charge in [-0.25, -0.2) is 0 Å². The highest BCUT2D eigenvalue weighted by molar-refractivity contribution is 5.94. The Balaban J connectivity index is 2.14. The number of carbonyl (C=O) groups excluding carboxylic acids is 1. The van der Waals surface area contributed by atoms with E-state index < -0.39 is 0 Å². The quantitative estimate of drug-likeness (QED) is 0.603. The molecule has 0 radical (unpaired) electrons. The summed E-state index contributed by atoms with van der Waals surface area (Å²) in [5, 5.41) is 0. The van der Waals surface area contributed by atoms with Crippen LogP contribution in [0.4, 0.5) is 5.69 Å². The van der Waals surface area contributed by atoms with Gasteiger partial charge in [0.25, 0.3) is 0 Å². The molecule has 0 spiro atoms. The summed E-state index contributed by atoms with van der Waals surface area (Å²) in [6.45, 7) is 3.65. The Bertz CT molecular complexity index is 429. The number of rotatable bonds is 0. The van der Waals surface area contributed by atoms with Crippen LogP contribution in [0.25, 0.3) is 0 Å². The third-order valence-electron chi connectivity index (χ3n) is 3.25. The number of para-hydroxylation sites is 1. The summed E-state index contributed by atoms with van der Waals surface area (Å²) in [6, 6.07) is 8.14. The first kappa shape index (κ1) is 8.92. The van der Waals surface area contributed by atoms with Crippen molar-refractivity contribution in [3.8, 4) is 0 Å². The highest BCUT2D eigenvalue weighted by Crippen LogP contribution is 2.50. The largest absolute Gasteiger partial charge is 0.362 e. The van der Waals surface area contributed by atoms with Crippen molar-refractivity contribution in [1.29, 1.82) is 0 Å². The Hall–Kier alpha value is -1.35. The van der Waals surface area contributed by atoms with Crippen LogP contribution in [0.2, 0.25) is 0 Å². The summed E-state index contributed by atoms with van der Waals surface area (Å²) in [5.74, 6) is 0.0869. The number of fused-ring (bicyclic) bond motifs is 3. The van der Waals surface area contributed by atoms with Crippen molar-refractivity contribution in [2.75, 3.05) is 4.90 Å². The molecule has 2 aliphatic heterocycles. The fourth-order valence-corrected chi connectivity index (χ4v) is 2.51. The molecule has 3 unspecified atom stereocenters. The number of anilines is 1. The molecule has 1 amide bonds. The van der Waals surface area contributed by atoms with Gasteiger partial charge in [-0.1, -0.05) is 18.2 Å². The van der Waals surface area contributed by atoms with Crippen LogP contribution in [0.5, 0.6) is 0 Å². The fraction of sp³-hybridized carbons (Fsp3) is 0.417. The lowest BCUT2D eigenvalue weighted by atomic mass is 9.97. The number of ether oxygens (including phenoxy) is 1. The second-order valence-electron chi connectivity index (χ2n) is 4.21. The molecule has 2 heterocycles. The first-order valence-electron chi connectivity index (χ1n) is 5.24. The van der Waals surface area contributed by atoms with E-state index in [2.05, 4.69) is 0 Å². The van der Waals surface area contributed by atoms with E-state index in [0.717, 1.165) is 11.3 Å². The van der Waals surface area contributed by atoms with E-state index in [1.54, 1.807) is 6.92 Å². The number of amides is 1. The zero-order valence-electron chi connectivity index (χ0n) is 8.81. The number of carbonyl (C=O) groups is 1. The standard InChI is InChI=1S/C12H13NO2/c1-7-11-12(15-11)9-5-3-4-6-10(9)13(7)8(2)14/h3-7,11-12H,1-2H3. The van der Waals surface area contributed by atoms with E-state index in [4.69, 9.17) is 4.74 Å². The van der Waals surface area contributed by atoms with Crippen molar-refractivity contribution < 1.29 is 9.53 Å². The van der Waals surface area contributed by atoms with Gasteiger partial charge in [0.2, 0.25) is 5.91 Å². The molecule has 1 aromatic rings. The summed E-state index contributed by atoms with van der Waals surface area (Å²) in [5.41, 5.74) is 2.16. The molecule has 1 saturated heterocycles. The molecule has 3 rings (SSSR count). The van der Waals surface area contributed by atoms with Crippen molar-refractivity contribution in [2.45, 2.75) is 32.1 Å². The van der Waals surface area contributed by atoms with Gasteiger partial charge < -0.3 is 9.64 Å². The second-order valence-corrected chi connectivity index (χ2v) is 4.21. The third kappa shape index (κ3) is 1.13. The predicted octanol–water partition coefficient (Wildman–Crippen LogP) is 1.88. The summed E-state index contributed by atoms with van der Waals surface area (Å²) in [4.78, 5) is 13.4. The van der Waals surface area contributed by atoms with Crippen molar-refractivity contribution in [2.24, 2.45) is 0 Å². The Labute approximate surface area is 88.6 Å². The molecular formula is C12H13NO2. The lowest BCUT2D eigenvalue weighted by Crippen LogP contribution is -2.43. The van der Waals surface area contributed by atoms with E-state index in [0.29, 0.717) is 0 Å². The highest BCUT2D eigenvalue weighted by Gasteiger charge is 2.52. The molecule has 15 heavy (non-hydrogen) atoms. The molecule has 3 nitrogen and oxygen atoms in total. The summed E-state index contributed by atoms with van der Waals surface area (Å²) < 4.78 is 5.60. The average molecular weight is 203 g/mol. The normalized spacial score (nSPS) is 31.9. The van der Waals surface area contributed by atoms with Crippen LogP contribution < -0.4 is 4.90 Å². The van der Waals surface area contributed by atoms with Crippen molar-refractivity contribution in [1.82, 2.24) is 0 Å². The number of epoxide rings is 1. The number of hydrogen-bond acceptors (Lipinski definition) is 2. The van der Waals surface area contributed by atoms with Crippen LogP contribution in [0.15, 0.2) is 24.3 Å². The summed E-state index contributed by atoms with van der Waals surface area (Å²) >= 11 is 0. The van der Waals surface area contributed by atoms with Gasteiger partial charge in [0.1, 0.15) is 12.2 Å². The van der Waals surface area contributed by atoms with Crippen LogP contribution >= 0.6 is 0 Å². The molecule has 1 fully saturated rings. The summed E-state index contributed by atoms with van der Waals surface area (Å²) in [6.07, 6.45) is 0.413. The molecular weight excluding hydrogens is 190 g/mol. The van der Waals surface area contributed by atoms with Crippen LogP contribution in [-0.2, 0) is 9.53 Å². The topological polar surface area (TPSA) is 32.8 Å². The predicted molar refractivity (Wildman–Crippen MR) is 56.7 cm³/mol. The van der Waals surface area contributed by atoms with Crippen LogP contribution in [0.1, 0.15) is 25.5 Å². The lowest BCUT2D eigenvalue weighted by Gasteiger charge is -2.31. The smallest absolute Gasteiger partial charge is 0.224 e. The van der Waals surface area contributed by atoms with Gasteiger partial charge in [-0.2, -0.15) is 0 Å². The van der Waals surface area contributed by atoms with Crippen LogP contribution in [-0.4, -0.2) is 18.1 Å². The Morgan fingerprint density at radius 2 is 2.13 bits per heavy atom. The molecule has 0 N–H and O–H groups in total. The van der Waals surface area contributed by atoms with Gasteiger partial charge in [-0.15, -0.1) is 0 Å². The summed E-state index contributed by atoms with van der Waals surface area (Å²) in [7, 11) is 0. The fourth-order valence-electron chi connectivity index (χ4n) is 2.51. The SMILES string of the molecule is CC(=O)N1c2ccccc2C2OC2C1C. The maximum absolute atomic E-state index is 11.6. The van der Waals surface area contributed by atoms with Crippen molar-refractivity contribution in [3.63, 3.8) is 0 Å². The highest BCUT2D eigenvalue weighted by atomic mass is 16.6. The maximum atomic E-state index is 11.6. The first-order chi connectivity index (χ1) is 7.20. The minimum absolute atomic E-state index is 0.0869. The Kier molecular flexibility index (Phi) is 1.68. The monoisotopic (exact) mass is 203 g/mol. The first-order valence-corrected chi connectivity index (χ1v) is 5.24. The van der Waals surface area contributed by atoms with Gasteiger partial charge >= 0.3 is 0 Å². The lowest BCUT2D eigenvalue weighted by molar-refractivity contribution is -0.117. The maximum Gasteiger partial charge on any atom is 0.224 e. The molecule has 0 aliphatic carbocycles. The molecule has 0 bridgehead atoms. The van der Waals surface area contributed by atoms with E-state index in [9.17, 15) is 4.79 Å². The molecule has 78 valence electrons. The molecule has 0 saturated carbocycles. The molecule has 3 atom stereocenters. The minimum atomic E-state index is 0.0869.